The third-order valence-corrected chi connectivity index (χ3v) is 9.72. The Kier molecular flexibility index (Phi) is 14.1. The molecule has 1 saturated heterocycles. The number of nitrogens with zero attached hydrogens (tertiary/aromatic N) is 1. The molecule has 10 nitrogen and oxygen atoms in total. The molecule has 5 amide bonds. The molecule has 12 heteroatoms. The highest BCUT2D eigenvalue weighted by Crippen LogP contribution is 2.28. The van der Waals surface area contributed by atoms with Gasteiger partial charge >= 0.3 is 6.03 Å². The van der Waals surface area contributed by atoms with Crippen LogP contribution >= 0.6 is 23.5 Å². The molecule has 44 heavy (non-hydrogen) atoms. The zero-order valence-corrected chi connectivity index (χ0v) is 29.0. The molecule has 0 radical (unpaired) electrons. The number of benzene rings is 1. The maximum atomic E-state index is 14.0. The first-order valence-electron chi connectivity index (χ1n) is 15.2. The lowest BCUT2D eigenvalue weighted by Gasteiger charge is -2.37. The standard InChI is InChI=1S/C32H51N5O5S2/c1-20(2)17-32(8,19-43-18-22-13-10-9-11-14-22)36-30(42)34-25(31(5,6)7)29(41)37-16-12-15-23(37)27(40)35-28(44-21(3)4)24(38)26(33)39/h9-11,13-14,20-21,23,25,28H,12,15-19H2,1-8H3,(H2,33,39)(H,35,40)(H2,34,36,42). The number of nitrogens with two attached hydrogens (primary N) is 1. The van der Waals surface area contributed by atoms with E-state index in [0.29, 0.717) is 31.1 Å². The topological polar surface area (TPSA) is 151 Å². The number of nitrogens with one attached hydrogen (secondary N) is 3. The van der Waals surface area contributed by atoms with E-state index in [9.17, 15) is 24.0 Å². The number of carbonyl (C=O) groups excluding carboxylic acids is 5. The molecule has 4 atom stereocenters. The van der Waals surface area contributed by atoms with Crippen LogP contribution in [0.4, 0.5) is 4.79 Å². The van der Waals surface area contributed by atoms with E-state index in [-0.39, 0.29) is 11.2 Å². The Morgan fingerprint density at radius 3 is 2.18 bits per heavy atom. The summed E-state index contributed by atoms with van der Waals surface area (Å²) in [5.74, 6) is -1.08. The number of thioether (sulfide) groups is 2. The number of hydrogen-bond acceptors (Lipinski definition) is 7. The highest BCUT2D eigenvalue weighted by atomic mass is 32.2. The average molecular weight is 650 g/mol. The Hall–Kier alpha value is -2.73. The van der Waals surface area contributed by atoms with Crippen molar-refractivity contribution in [2.75, 3.05) is 12.3 Å². The summed E-state index contributed by atoms with van der Waals surface area (Å²) in [5, 5.41) is 7.52. The predicted molar refractivity (Wildman–Crippen MR) is 179 cm³/mol. The van der Waals surface area contributed by atoms with Gasteiger partial charge in [0.1, 0.15) is 17.5 Å². The number of primary amides is 1. The number of carbonyl (C=O) groups is 5. The number of hydrogen-bond donors (Lipinski definition) is 4. The average Bonchev–Trinajstić information content (AvgIpc) is 3.40. The summed E-state index contributed by atoms with van der Waals surface area (Å²) in [6.07, 6.45) is 1.74. The number of amides is 5. The van der Waals surface area contributed by atoms with E-state index in [2.05, 4.69) is 41.9 Å². The van der Waals surface area contributed by atoms with Crippen molar-refractivity contribution in [1.82, 2.24) is 20.9 Å². The third-order valence-electron chi connectivity index (χ3n) is 7.20. The minimum Gasteiger partial charge on any atom is -0.363 e. The first kappa shape index (κ1) is 37.5. The molecular formula is C32H51N5O5S2. The summed E-state index contributed by atoms with van der Waals surface area (Å²) < 4.78 is 0. The molecule has 1 aliphatic heterocycles. The van der Waals surface area contributed by atoms with Crippen molar-refractivity contribution in [2.24, 2.45) is 17.1 Å². The number of urea groups is 1. The van der Waals surface area contributed by atoms with Crippen LogP contribution in [-0.4, -0.2) is 75.0 Å². The molecule has 0 saturated carbocycles. The van der Waals surface area contributed by atoms with Crippen LogP contribution < -0.4 is 21.7 Å². The van der Waals surface area contributed by atoms with Gasteiger partial charge in [-0.1, -0.05) is 78.8 Å². The summed E-state index contributed by atoms with van der Waals surface area (Å²) in [7, 11) is 0. The van der Waals surface area contributed by atoms with Crippen LogP contribution in [0.3, 0.4) is 0 Å². The fourth-order valence-corrected chi connectivity index (χ4v) is 7.50. The van der Waals surface area contributed by atoms with E-state index in [1.165, 1.54) is 10.5 Å². The van der Waals surface area contributed by atoms with Gasteiger partial charge in [-0.2, -0.15) is 11.8 Å². The number of likely N-dealkylation sites (tertiary alicyclic amines) is 1. The largest absolute Gasteiger partial charge is 0.363 e. The number of Topliss-reactive ketones (excluding diaryl/α,β-unsaturated/α-hetero) is 1. The van der Waals surface area contributed by atoms with Crippen molar-refractivity contribution in [2.45, 2.75) is 109 Å². The van der Waals surface area contributed by atoms with Crippen LogP contribution in [0.1, 0.15) is 80.2 Å². The van der Waals surface area contributed by atoms with Gasteiger partial charge in [0.2, 0.25) is 11.8 Å². The summed E-state index contributed by atoms with van der Waals surface area (Å²) in [4.78, 5) is 66.2. The molecule has 1 aliphatic rings. The van der Waals surface area contributed by atoms with Crippen molar-refractivity contribution in [3.63, 3.8) is 0 Å². The van der Waals surface area contributed by atoms with Crippen molar-refractivity contribution >= 4 is 53.1 Å². The van der Waals surface area contributed by atoms with Crippen LogP contribution in [0.25, 0.3) is 0 Å². The minimum absolute atomic E-state index is 0.0592. The van der Waals surface area contributed by atoms with E-state index in [1.807, 2.05) is 59.7 Å². The zero-order chi connectivity index (χ0) is 33.2. The van der Waals surface area contributed by atoms with Crippen molar-refractivity contribution in [3.05, 3.63) is 35.9 Å². The zero-order valence-electron chi connectivity index (χ0n) is 27.4. The van der Waals surface area contributed by atoms with Gasteiger partial charge in [-0.3, -0.25) is 19.2 Å². The summed E-state index contributed by atoms with van der Waals surface area (Å²) >= 11 is 2.86. The second-order valence-electron chi connectivity index (χ2n) is 13.5. The Bertz CT molecular complexity index is 1160. The maximum absolute atomic E-state index is 14.0. The van der Waals surface area contributed by atoms with E-state index >= 15 is 0 Å². The predicted octanol–water partition coefficient (Wildman–Crippen LogP) is 4.07. The molecule has 246 valence electrons. The second-order valence-corrected chi connectivity index (χ2v) is 16.2. The van der Waals surface area contributed by atoms with Gasteiger partial charge in [-0.25, -0.2) is 4.79 Å². The van der Waals surface area contributed by atoms with Crippen LogP contribution in [0, 0.1) is 11.3 Å². The molecule has 0 aliphatic carbocycles. The van der Waals surface area contributed by atoms with E-state index < -0.39 is 52.0 Å². The van der Waals surface area contributed by atoms with Crippen molar-refractivity contribution < 1.29 is 24.0 Å². The molecule has 0 spiro atoms. The maximum Gasteiger partial charge on any atom is 0.315 e. The monoisotopic (exact) mass is 649 g/mol. The van der Waals surface area contributed by atoms with Crippen LogP contribution in [-0.2, 0) is 24.9 Å². The van der Waals surface area contributed by atoms with Gasteiger partial charge in [0.15, 0.2) is 0 Å². The van der Waals surface area contributed by atoms with E-state index in [1.54, 1.807) is 11.8 Å². The lowest BCUT2D eigenvalue weighted by atomic mass is 9.85. The van der Waals surface area contributed by atoms with Crippen LogP contribution in [0.2, 0.25) is 0 Å². The minimum atomic E-state index is -1.14. The molecular weight excluding hydrogens is 599 g/mol. The first-order valence-corrected chi connectivity index (χ1v) is 17.3. The third kappa shape index (κ3) is 11.6. The Balaban J connectivity index is 2.17. The highest BCUT2D eigenvalue weighted by molar-refractivity contribution is 8.01. The lowest BCUT2D eigenvalue weighted by Crippen LogP contribution is -2.62. The molecule has 1 heterocycles. The first-order chi connectivity index (χ1) is 20.4. The summed E-state index contributed by atoms with van der Waals surface area (Å²) in [6, 6.07) is 7.97. The van der Waals surface area contributed by atoms with E-state index in [0.717, 1.165) is 23.9 Å². The molecule has 5 N–H and O–H groups in total. The second kappa shape index (κ2) is 16.5. The Morgan fingerprint density at radius 2 is 1.64 bits per heavy atom. The van der Waals surface area contributed by atoms with Gasteiger partial charge in [0, 0.05) is 28.8 Å². The number of ketones is 1. The summed E-state index contributed by atoms with van der Waals surface area (Å²) in [6.45, 7) is 15.9. The smallest absolute Gasteiger partial charge is 0.315 e. The van der Waals surface area contributed by atoms with Gasteiger partial charge < -0.3 is 26.6 Å². The molecule has 1 fully saturated rings. The van der Waals surface area contributed by atoms with Crippen LogP contribution in [0.15, 0.2) is 30.3 Å². The fraction of sp³-hybridized carbons (Fsp3) is 0.656. The normalized spacial score (nSPS) is 18.0. The molecule has 0 aromatic heterocycles. The van der Waals surface area contributed by atoms with E-state index in [4.69, 9.17) is 5.73 Å². The van der Waals surface area contributed by atoms with Gasteiger partial charge in [0.05, 0.1) is 0 Å². The van der Waals surface area contributed by atoms with Crippen LogP contribution in [0.5, 0.6) is 0 Å². The highest BCUT2D eigenvalue weighted by Gasteiger charge is 2.43. The van der Waals surface area contributed by atoms with Gasteiger partial charge in [-0.05, 0) is 43.1 Å². The van der Waals surface area contributed by atoms with Crippen molar-refractivity contribution in [1.29, 1.82) is 0 Å². The molecule has 1 aromatic rings. The van der Waals surface area contributed by atoms with Crippen molar-refractivity contribution in [3.8, 4) is 0 Å². The summed E-state index contributed by atoms with van der Waals surface area (Å²) in [5.41, 5.74) is 5.24. The quantitative estimate of drug-likeness (QED) is 0.165. The molecule has 2 rings (SSSR count). The number of rotatable bonds is 15. The molecule has 0 bridgehead atoms. The fourth-order valence-electron chi connectivity index (χ4n) is 5.36. The molecule has 1 aromatic carbocycles. The Labute approximate surface area is 271 Å². The Morgan fingerprint density at radius 1 is 1.00 bits per heavy atom. The lowest BCUT2D eigenvalue weighted by molar-refractivity contribution is -0.142. The van der Waals surface area contributed by atoms with Gasteiger partial charge in [-0.15, -0.1) is 11.8 Å². The SMILES string of the molecule is CC(C)CC(C)(CSCc1ccccc1)NC(=O)NC(C(=O)N1CCCC1C(=O)NC(SC(C)C)C(=O)C(N)=O)C(C)(C)C. The molecule has 4 unspecified atom stereocenters. The van der Waals surface area contributed by atoms with Gasteiger partial charge in [0.25, 0.3) is 11.7 Å².